The van der Waals surface area contributed by atoms with Gasteiger partial charge in [-0.25, -0.2) is 0 Å². The Morgan fingerprint density at radius 3 is 2.37 bits per heavy atom. The normalized spacial score (nSPS) is 13.5. The Morgan fingerprint density at radius 1 is 1.04 bits per heavy atom. The summed E-state index contributed by atoms with van der Waals surface area (Å²) in [6, 6.07) is 15.6. The highest BCUT2D eigenvalue weighted by molar-refractivity contribution is 6.02. The van der Waals surface area contributed by atoms with Crippen molar-refractivity contribution in [2.24, 2.45) is 0 Å². The molecule has 0 aliphatic heterocycles. The van der Waals surface area contributed by atoms with Gasteiger partial charge in [0.15, 0.2) is 0 Å². The molecule has 0 radical (unpaired) electrons. The van der Waals surface area contributed by atoms with Crippen LogP contribution in [0, 0.1) is 0 Å². The number of rotatable bonds is 8. The lowest BCUT2D eigenvalue weighted by Gasteiger charge is -2.05. The monoisotopic (exact) mass is 362 g/mol. The van der Waals surface area contributed by atoms with Crippen LogP contribution in [0.2, 0.25) is 0 Å². The molecule has 0 heterocycles. The number of hydrogen-bond donors (Lipinski definition) is 2. The molecule has 0 spiro atoms. The molecular weight excluding hydrogens is 336 g/mol. The van der Waals surface area contributed by atoms with Crippen molar-refractivity contribution in [3.63, 3.8) is 0 Å². The summed E-state index contributed by atoms with van der Waals surface area (Å²) in [5.74, 6) is -0.208. The number of unbranched alkanes of at least 4 members (excludes halogenated alkanes) is 1. The molecule has 2 aromatic rings. The van der Waals surface area contributed by atoms with E-state index >= 15 is 0 Å². The molecule has 2 aromatic carbocycles. The molecule has 1 aliphatic carbocycles. The second-order valence-corrected chi connectivity index (χ2v) is 6.99. The Bertz CT molecular complexity index is 803. The highest BCUT2D eigenvalue weighted by atomic mass is 16.2. The largest absolute Gasteiger partial charge is 0.349 e. The second-order valence-electron chi connectivity index (χ2n) is 6.99. The van der Waals surface area contributed by atoms with Crippen LogP contribution in [0.3, 0.4) is 0 Å². The average Bonchev–Trinajstić information content (AvgIpc) is 3.50. The van der Waals surface area contributed by atoms with Crippen LogP contribution in [0.5, 0.6) is 0 Å². The molecule has 2 amide bonds. The molecule has 2 N–H and O–H groups in total. The molecule has 0 atom stereocenters. The first-order chi connectivity index (χ1) is 13.1. The lowest BCUT2D eigenvalue weighted by atomic mass is 10.1. The van der Waals surface area contributed by atoms with E-state index in [4.69, 9.17) is 0 Å². The Morgan fingerprint density at radius 2 is 1.74 bits per heavy atom. The summed E-state index contributed by atoms with van der Waals surface area (Å²) in [6.07, 6.45) is 8.81. The van der Waals surface area contributed by atoms with Crippen molar-refractivity contribution in [1.29, 1.82) is 0 Å². The van der Waals surface area contributed by atoms with E-state index in [0.717, 1.165) is 30.5 Å². The number of carbonyl (C=O) groups excluding carboxylic acids is 2. The number of carbonyl (C=O) groups is 2. The van der Waals surface area contributed by atoms with Gasteiger partial charge in [0.05, 0.1) is 0 Å². The Kier molecular flexibility index (Phi) is 6.42. The van der Waals surface area contributed by atoms with Gasteiger partial charge in [0.1, 0.15) is 0 Å². The quantitative estimate of drug-likeness (QED) is 0.676. The first-order valence-corrected chi connectivity index (χ1v) is 9.63. The van der Waals surface area contributed by atoms with Crippen LogP contribution in [0.4, 0.5) is 5.69 Å². The van der Waals surface area contributed by atoms with Crippen molar-refractivity contribution in [3.8, 4) is 0 Å². The van der Waals surface area contributed by atoms with Gasteiger partial charge in [0, 0.05) is 23.4 Å². The molecule has 0 saturated heterocycles. The smallest absolute Gasteiger partial charge is 0.251 e. The number of amides is 2. The number of anilines is 1. The van der Waals surface area contributed by atoms with E-state index in [-0.39, 0.29) is 11.8 Å². The van der Waals surface area contributed by atoms with Crippen LogP contribution in [0.1, 0.15) is 54.1 Å². The zero-order valence-corrected chi connectivity index (χ0v) is 15.7. The van der Waals surface area contributed by atoms with Crippen LogP contribution < -0.4 is 10.6 Å². The van der Waals surface area contributed by atoms with Gasteiger partial charge in [-0.05, 0) is 67.2 Å². The maximum atomic E-state index is 12.1. The molecule has 1 saturated carbocycles. The predicted octanol–water partition coefficient (Wildman–Crippen LogP) is 4.57. The van der Waals surface area contributed by atoms with Crippen LogP contribution in [-0.2, 0) is 11.2 Å². The maximum absolute atomic E-state index is 12.1. The van der Waals surface area contributed by atoms with Gasteiger partial charge < -0.3 is 10.6 Å². The molecule has 3 rings (SSSR count). The zero-order chi connectivity index (χ0) is 19.1. The molecule has 0 bridgehead atoms. The fourth-order valence-electron chi connectivity index (χ4n) is 2.73. The van der Waals surface area contributed by atoms with E-state index in [1.54, 1.807) is 18.2 Å². The van der Waals surface area contributed by atoms with Crippen LogP contribution >= 0.6 is 0 Å². The van der Waals surface area contributed by atoms with Gasteiger partial charge in [-0.15, -0.1) is 0 Å². The minimum Gasteiger partial charge on any atom is -0.349 e. The Labute approximate surface area is 160 Å². The lowest BCUT2D eigenvalue weighted by molar-refractivity contribution is -0.111. The number of hydrogen-bond acceptors (Lipinski definition) is 2. The van der Waals surface area contributed by atoms with Gasteiger partial charge in [0.2, 0.25) is 5.91 Å². The summed E-state index contributed by atoms with van der Waals surface area (Å²) in [6.45, 7) is 2.18. The molecular formula is C23H26N2O2. The standard InChI is InChI=1S/C23H26N2O2/c1-2-3-4-17-7-12-20(13-8-17)24-22(26)16-9-18-5-10-19(11-6-18)23(27)25-21-14-15-21/h5-13,16,21H,2-4,14-15H2,1H3,(H,24,26)(H,25,27)/b16-9+. The van der Waals surface area contributed by atoms with Gasteiger partial charge in [-0.1, -0.05) is 37.6 Å². The highest BCUT2D eigenvalue weighted by Gasteiger charge is 2.23. The maximum Gasteiger partial charge on any atom is 0.251 e. The number of aryl methyl sites for hydroxylation is 1. The molecule has 0 aromatic heterocycles. The molecule has 4 nitrogen and oxygen atoms in total. The van der Waals surface area contributed by atoms with Crippen molar-refractivity contribution in [3.05, 3.63) is 71.3 Å². The van der Waals surface area contributed by atoms with E-state index in [1.165, 1.54) is 24.5 Å². The van der Waals surface area contributed by atoms with Crippen LogP contribution in [0.25, 0.3) is 6.08 Å². The Balaban J connectivity index is 1.50. The van der Waals surface area contributed by atoms with Gasteiger partial charge in [-0.3, -0.25) is 9.59 Å². The summed E-state index contributed by atoms with van der Waals surface area (Å²) >= 11 is 0. The van der Waals surface area contributed by atoms with Gasteiger partial charge in [-0.2, -0.15) is 0 Å². The molecule has 140 valence electrons. The third-order valence-electron chi connectivity index (χ3n) is 4.55. The van der Waals surface area contributed by atoms with Crippen molar-refractivity contribution in [1.82, 2.24) is 5.32 Å². The second kappa shape index (κ2) is 9.17. The molecule has 4 heteroatoms. The van der Waals surface area contributed by atoms with Gasteiger partial charge >= 0.3 is 0 Å². The molecule has 0 unspecified atom stereocenters. The van der Waals surface area contributed by atoms with Crippen LogP contribution in [0.15, 0.2) is 54.6 Å². The number of nitrogens with one attached hydrogen (secondary N) is 2. The minimum absolute atomic E-state index is 0.0341. The molecule has 27 heavy (non-hydrogen) atoms. The van der Waals surface area contributed by atoms with Crippen LogP contribution in [-0.4, -0.2) is 17.9 Å². The summed E-state index contributed by atoms with van der Waals surface area (Å²) in [5.41, 5.74) is 3.60. The van der Waals surface area contributed by atoms with E-state index in [2.05, 4.69) is 29.7 Å². The minimum atomic E-state index is -0.174. The van der Waals surface area contributed by atoms with Gasteiger partial charge in [0.25, 0.3) is 5.91 Å². The van der Waals surface area contributed by atoms with E-state index in [9.17, 15) is 9.59 Å². The first-order valence-electron chi connectivity index (χ1n) is 9.63. The van der Waals surface area contributed by atoms with Crippen molar-refractivity contribution < 1.29 is 9.59 Å². The summed E-state index contributed by atoms with van der Waals surface area (Å²) in [7, 11) is 0. The summed E-state index contributed by atoms with van der Waals surface area (Å²) in [5, 5.41) is 5.82. The molecule has 1 aliphatic rings. The van der Waals surface area contributed by atoms with Crippen molar-refractivity contribution in [2.75, 3.05) is 5.32 Å². The zero-order valence-electron chi connectivity index (χ0n) is 15.7. The number of benzene rings is 2. The summed E-state index contributed by atoms with van der Waals surface area (Å²) < 4.78 is 0. The van der Waals surface area contributed by atoms with E-state index in [0.29, 0.717) is 11.6 Å². The first kappa shape index (κ1) is 18.9. The van der Waals surface area contributed by atoms with E-state index < -0.39 is 0 Å². The van der Waals surface area contributed by atoms with Crippen molar-refractivity contribution >= 4 is 23.6 Å². The lowest BCUT2D eigenvalue weighted by Crippen LogP contribution is -2.25. The average molecular weight is 362 g/mol. The fourth-order valence-corrected chi connectivity index (χ4v) is 2.73. The highest BCUT2D eigenvalue weighted by Crippen LogP contribution is 2.19. The third kappa shape index (κ3) is 6.10. The SMILES string of the molecule is CCCCc1ccc(NC(=O)/C=C/c2ccc(C(=O)NC3CC3)cc2)cc1. The predicted molar refractivity (Wildman–Crippen MR) is 110 cm³/mol. The topological polar surface area (TPSA) is 58.2 Å². The molecule has 1 fully saturated rings. The van der Waals surface area contributed by atoms with Crippen molar-refractivity contribution in [2.45, 2.75) is 45.1 Å². The Hall–Kier alpha value is -2.88. The fraction of sp³-hybridized carbons (Fsp3) is 0.304. The third-order valence-corrected chi connectivity index (χ3v) is 4.55. The van der Waals surface area contributed by atoms with E-state index in [1.807, 2.05) is 24.3 Å². The summed E-state index contributed by atoms with van der Waals surface area (Å²) in [4.78, 5) is 24.0.